The number of rotatable bonds is 6. The van der Waals surface area contributed by atoms with Gasteiger partial charge in [0.2, 0.25) is 0 Å². The van der Waals surface area contributed by atoms with Crippen molar-refractivity contribution < 1.29 is 0 Å². The van der Waals surface area contributed by atoms with Crippen molar-refractivity contribution in [2.24, 2.45) is 14.1 Å². The molecule has 1 aliphatic carbocycles. The molecule has 7 nitrogen and oxygen atoms in total. The van der Waals surface area contributed by atoms with Crippen molar-refractivity contribution in [1.29, 1.82) is 0 Å². The molecule has 0 radical (unpaired) electrons. The van der Waals surface area contributed by atoms with Gasteiger partial charge in [-0.3, -0.25) is 9.80 Å². The van der Waals surface area contributed by atoms with Crippen LogP contribution in [0, 0.1) is 0 Å². The Morgan fingerprint density at radius 1 is 1.17 bits per heavy atom. The topological polar surface area (TPSA) is 55.0 Å². The van der Waals surface area contributed by atoms with E-state index in [9.17, 15) is 0 Å². The van der Waals surface area contributed by atoms with Crippen LogP contribution in [-0.4, -0.2) is 60.3 Å². The molecule has 7 heteroatoms. The average Bonchev–Trinajstić information content (AvgIpc) is 2.97. The Balaban J connectivity index is 1.34. The van der Waals surface area contributed by atoms with Crippen LogP contribution in [0.3, 0.4) is 0 Å². The van der Waals surface area contributed by atoms with E-state index in [1.807, 2.05) is 12.4 Å². The van der Waals surface area contributed by atoms with Crippen LogP contribution in [0.1, 0.15) is 42.7 Å². The number of aromatic nitrogens is 5. The van der Waals surface area contributed by atoms with Crippen LogP contribution in [0.4, 0.5) is 0 Å². The molecule has 0 amide bonds. The highest BCUT2D eigenvalue weighted by Crippen LogP contribution is 2.38. The van der Waals surface area contributed by atoms with Crippen molar-refractivity contribution in [3.05, 3.63) is 29.9 Å². The number of likely N-dealkylation sites (tertiary alicyclic amines) is 1. The lowest BCUT2D eigenvalue weighted by atomic mass is 10.2. The maximum absolute atomic E-state index is 4.44. The largest absolute Gasteiger partial charge is 0.337 e. The molecule has 24 heavy (non-hydrogen) atoms. The van der Waals surface area contributed by atoms with Gasteiger partial charge in [0, 0.05) is 51.5 Å². The first-order valence-corrected chi connectivity index (χ1v) is 8.88. The summed E-state index contributed by atoms with van der Waals surface area (Å²) in [5.41, 5.74) is 0. The summed E-state index contributed by atoms with van der Waals surface area (Å²) >= 11 is 0. The standard InChI is InChI=1S/C17H27N7/c1-21-9-7-18-15(21)12-24-8-6-14(10-24)22(2)11-16-19-20-17(23(16)3)13-4-5-13/h7,9,13-14H,4-6,8,10-12H2,1-3H3. The van der Waals surface area contributed by atoms with Crippen molar-refractivity contribution in [1.82, 2.24) is 34.1 Å². The smallest absolute Gasteiger partial charge is 0.146 e. The summed E-state index contributed by atoms with van der Waals surface area (Å²) < 4.78 is 4.31. The third-order valence-electron chi connectivity index (χ3n) is 5.49. The summed E-state index contributed by atoms with van der Waals surface area (Å²) in [6.45, 7) is 4.03. The normalized spacial score (nSPS) is 21.9. The minimum atomic E-state index is 0.575. The second kappa shape index (κ2) is 6.29. The van der Waals surface area contributed by atoms with Gasteiger partial charge in [0.25, 0.3) is 0 Å². The molecule has 3 heterocycles. The minimum absolute atomic E-state index is 0.575. The maximum atomic E-state index is 4.44. The molecule has 0 spiro atoms. The maximum Gasteiger partial charge on any atom is 0.146 e. The summed E-state index contributed by atoms with van der Waals surface area (Å²) in [4.78, 5) is 9.37. The van der Waals surface area contributed by atoms with E-state index in [-0.39, 0.29) is 0 Å². The minimum Gasteiger partial charge on any atom is -0.337 e. The first-order valence-electron chi connectivity index (χ1n) is 8.88. The lowest BCUT2D eigenvalue weighted by Gasteiger charge is -2.24. The summed E-state index contributed by atoms with van der Waals surface area (Å²) in [7, 11) is 6.38. The molecular formula is C17H27N7. The van der Waals surface area contributed by atoms with E-state index >= 15 is 0 Å². The fourth-order valence-electron chi connectivity index (χ4n) is 3.63. The van der Waals surface area contributed by atoms with E-state index in [2.05, 4.69) is 55.3 Å². The first-order chi connectivity index (χ1) is 11.6. The zero-order valence-electron chi connectivity index (χ0n) is 14.9. The van der Waals surface area contributed by atoms with Crippen LogP contribution in [0.15, 0.2) is 12.4 Å². The predicted octanol–water partition coefficient (Wildman–Crippen LogP) is 1.13. The molecule has 1 aliphatic heterocycles. The first kappa shape index (κ1) is 15.8. The van der Waals surface area contributed by atoms with Gasteiger partial charge in [-0.15, -0.1) is 10.2 Å². The van der Waals surface area contributed by atoms with Crippen LogP contribution in [0.25, 0.3) is 0 Å². The van der Waals surface area contributed by atoms with Crippen molar-refractivity contribution in [3.63, 3.8) is 0 Å². The van der Waals surface area contributed by atoms with Gasteiger partial charge in [-0.05, 0) is 26.3 Å². The monoisotopic (exact) mass is 329 g/mol. The second-order valence-corrected chi connectivity index (χ2v) is 7.35. The molecule has 0 bridgehead atoms. The van der Waals surface area contributed by atoms with E-state index in [1.165, 1.54) is 25.1 Å². The Bertz CT molecular complexity index is 700. The molecule has 2 aromatic rings. The van der Waals surface area contributed by atoms with Gasteiger partial charge >= 0.3 is 0 Å². The molecule has 1 saturated heterocycles. The Morgan fingerprint density at radius 3 is 2.71 bits per heavy atom. The van der Waals surface area contributed by atoms with E-state index in [4.69, 9.17) is 0 Å². The molecule has 130 valence electrons. The van der Waals surface area contributed by atoms with Crippen LogP contribution in [0.2, 0.25) is 0 Å². The van der Waals surface area contributed by atoms with Gasteiger partial charge in [-0.2, -0.15) is 0 Å². The van der Waals surface area contributed by atoms with E-state index < -0.39 is 0 Å². The summed E-state index contributed by atoms with van der Waals surface area (Å²) in [6, 6.07) is 0.575. The fraction of sp³-hybridized carbons (Fsp3) is 0.706. The van der Waals surface area contributed by atoms with Crippen LogP contribution in [0.5, 0.6) is 0 Å². The van der Waals surface area contributed by atoms with E-state index in [1.54, 1.807) is 0 Å². The molecule has 1 saturated carbocycles. The molecular weight excluding hydrogens is 302 g/mol. The number of nitrogens with zero attached hydrogens (tertiary/aromatic N) is 7. The number of hydrogen-bond acceptors (Lipinski definition) is 5. The molecule has 2 fully saturated rings. The van der Waals surface area contributed by atoms with Crippen molar-refractivity contribution in [2.75, 3.05) is 20.1 Å². The SMILES string of the molecule is CN(Cc1nnc(C2CC2)n1C)C1CCN(Cc2nccn2C)C1. The lowest BCUT2D eigenvalue weighted by Crippen LogP contribution is -2.35. The lowest BCUT2D eigenvalue weighted by molar-refractivity contribution is 0.214. The molecule has 2 aromatic heterocycles. The Hall–Kier alpha value is -1.73. The van der Waals surface area contributed by atoms with Crippen LogP contribution < -0.4 is 0 Å². The molecule has 2 aliphatic rings. The zero-order chi connectivity index (χ0) is 16.7. The Morgan fingerprint density at radius 2 is 2.00 bits per heavy atom. The average molecular weight is 329 g/mol. The highest BCUT2D eigenvalue weighted by Gasteiger charge is 2.31. The van der Waals surface area contributed by atoms with Crippen molar-refractivity contribution in [2.45, 2.75) is 44.3 Å². The van der Waals surface area contributed by atoms with Gasteiger partial charge < -0.3 is 9.13 Å². The predicted molar refractivity (Wildman–Crippen MR) is 91.3 cm³/mol. The highest BCUT2D eigenvalue weighted by molar-refractivity contribution is 5.08. The van der Waals surface area contributed by atoms with Gasteiger partial charge in [-0.1, -0.05) is 0 Å². The number of imidazole rings is 1. The Kier molecular flexibility index (Phi) is 4.14. The summed E-state index contributed by atoms with van der Waals surface area (Å²) in [6.07, 6.45) is 7.63. The number of likely N-dealkylation sites (N-methyl/N-ethyl adjacent to an activating group) is 1. The molecule has 0 N–H and O–H groups in total. The van der Waals surface area contributed by atoms with Crippen LogP contribution >= 0.6 is 0 Å². The van der Waals surface area contributed by atoms with Crippen molar-refractivity contribution in [3.8, 4) is 0 Å². The quantitative estimate of drug-likeness (QED) is 0.795. The van der Waals surface area contributed by atoms with Crippen molar-refractivity contribution >= 4 is 0 Å². The third-order valence-corrected chi connectivity index (χ3v) is 5.49. The third kappa shape index (κ3) is 3.10. The molecule has 0 aromatic carbocycles. The summed E-state index contributed by atoms with van der Waals surface area (Å²) in [5, 5.41) is 8.82. The van der Waals surface area contributed by atoms with E-state index in [0.717, 1.165) is 37.8 Å². The second-order valence-electron chi connectivity index (χ2n) is 7.35. The van der Waals surface area contributed by atoms with Gasteiger partial charge in [0.1, 0.15) is 17.5 Å². The van der Waals surface area contributed by atoms with Crippen LogP contribution in [-0.2, 0) is 27.2 Å². The number of aryl methyl sites for hydroxylation is 1. The fourth-order valence-corrected chi connectivity index (χ4v) is 3.63. The van der Waals surface area contributed by atoms with Gasteiger partial charge in [-0.25, -0.2) is 4.98 Å². The molecule has 1 unspecified atom stereocenters. The molecule has 4 rings (SSSR count). The van der Waals surface area contributed by atoms with E-state index in [0.29, 0.717) is 12.0 Å². The van der Waals surface area contributed by atoms with Gasteiger partial charge in [0.15, 0.2) is 0 Å². The zero-order valence-corrected chi connectivity index (χ0v) is 14.9. The molecule has 1 atom stereocenters. The number of hydrogen-bond donors (Lipinski definition) is 0. The Labute approximate surface area is 143 Å². The summed E-state index contributed by atoms with van der Waals surface area (Å²) in [5.74, 6) is 4.05. The van der Waals surface area contributed by atoms with Gasteiger partial charge in [0.05, 0.1) is 13.1 Å². The highest BCUT2D eigenvalue weighted by atomic mass is 15.3.